The number of aromatic nitrogens is 4. The van der Waals surface area contributed by atoms with Gasteiger partial charge in [-0.15, -0.1) is 0 Å². The zero-order chi connectivity index (χ0) is 18.3. The lowest BCUT2D eigenvalue weighted by Gasteiger charge is -2.27. The molecule has 0 fully saturated rings. The number of ether oxygens (including phenoxy) is 1. The van der Waals surface area contributed by atoms with E-state index >= 15 is 0 Å². The molecule has 1 N–H and O–H groups in total. The molecule has 2 bridgehead atoms. The van der Waals surface area contributed by atoms with Crippen LogP contribution in [0.3, 0.4) is 0 Å². The number of pyridine rings is 2. The van der Waals surface area contributed by atoms with Crippen molar-refractivity contribution < 1.29 is 4.74 Å². The quantitative estimate of drug-likeness (QED) is 0.665. The summed E-state index contributed by atoms with van der Waals surface area (Å²) in [6.07, 6.45) is 3.34. The van der Waals surface area contributed by atoms with Gasteiger partial charge in [-0.3, -0.25) is 4.98 Å². The van der Waals surface area contributed by atoms with Crippen molar-refractivity contribution in [3.8, 4) is 17.6 Å². The molecule has 0 aromatic carbocycles. The number of hydrogen-bond donors (Lipinski definition) is 1. The lowest BCUT2D eigenvalue weighted by Crippen LogP contribution is -2.31. The summed E-state index contributed by atoms with van der Waals surface area (Å²) >= 11 is 0. The molecule has 0 unspecified atom stereocenters. The summed E-state index contributed by atoms with van der Waals surface area (Å²) in [4.78, 5) is 26.1. The van der Waals surface area contributed by atoms with Gasteiger partial charge in [-0.2, -0.15) is 5.26 Å². The predicted molar refractivity (Wildman–Crippen MR) is 96.8 cm³/mol. The Morgan fingerprint density at radius 1 is 1.38 bits per heavy atom. The molecule has 26 heavy (non-hydrogen) atoms. The van der Waals surface area contributed by atoms with E-state index in [9.17, 15) is 10.1 Å². The van der Waals surface area contributed by atoms with Crippen molar-refractivity contribution in [2.24, 2.45) is 0 Å². The van der Waals surface area contributed by atoms with Crippen LogP contribution in [0.25, 0.3) is 17.0 Å². The number of aromatic amines is 1. The molecule has 4 rings (SSSR count). The molecule has 0 aliphatic carbocycles. The third kappa shape index (κ3) is 2.49. The number of H-pyrrole nitrogens is 1. The molecular formula is C18H18N6O2. The highest BCUT2D eigenvalue weighted by Crippen LogP contribution is 2.27. The summed E-state index contributed by atoms with van der Waals surface area (Å²) in [6.45, 7) is 2.61. The minimum Gasteiger partial charge on any atom is -0.491 e. The number of nitriles is 1. The summed E-state index contributed by atoms with van der Waals surface area (Å²) < 4.78 is 7.37. The number of nitrogens with one attached hydrogen (secondary N) is 1. The van der Waals surface area contributed by atoms with Crippen molar-refractivity contribution in [1.29, 1.82) is 5.26 Å². The number of anilines is 1. The molecule has 0 radical (unpaired) electrons. The lowest BCUT2D eigenvalue weighted by atomic mass is 10.1. The molecule has 3 aromatic heterocycles. The highest BCUT2D eigenvalue weighted by Gasteiger charge is 2.21. The number of nitrogens with zero attached hydrogens (tertiary/aromatic N) is 5. The monoisotopic (exact) mass is 350 g/mol. The summed E-state index contributed by atoms with van der Waals surface area (Å²) in [7, 11) is 1.91. The third-order valence-corrected chi connectivity index (χ3v) is 4.77. The highest BCUT2D eigenvalue weighted by molar-refractivity contribution is 5.80. The second kappa shape index (κ2) is 6.19. The predicted octanol–water partition coefficient (Wildman–Crippen LogP) is 1.98. The molecule has 1 aliphatic rings. The molecule has 8 heteroatoms. The molecule has 4 heterocycles. The first-order chi connectivity index (χ1) is 12.6. The van der Waals surface area contributed by atoms with E-state index in [0.717, 1.165) is 12.8 Å². The summed E-state index contributed by atoms with van der Waals surface area (Å²) in [5.41, 5.74) is 1.12. The van der Waals surface area contributed by atoms with Crippen LogP contribution in [0.2, 0.25) is 0 Å². The van der Waals surface area contributed by atoms with Gasteiger partial charge in [0.1, 0.15) is 29.0 Å². The molecule has 0 saturated carbocycles. The fourth-order valence-electron chi connectivity index (χ4n) is 3.22. The van der Waals surface area contributed by atoms with Crippen molar-refractivity contribution in [2.45, 2.75) is 25.8 Å². The normalized spacial score (nSPS) is 17.1. The molecule has 3 aromatic rings. The Morgan fingerprint density at radius 2 is 2.23 bits per heavy atom. The van der Waals surface area contributed by atoms with Gasteiger partial charge in [0.2, 0.25) is 0 Å². The average molecular weight is 350 g/mol. The van der Waals surface area contributed by atoms with E-state index < -0.39 is 0 Å². The largest absolute Gasteiger partial charge is 0.491 e. The molecule has 1 atom stereocenters. The zero-order valence-corrected chi connectivity index (χ0v) is 14.6. The minimum atomic E-state index is -0.348. The van der Waals surface area contributed by atoms with Gasteiger partial charge in [0.15, 0.2) is 5.65 Å². The fourth-order valence-corrected chi connectivity index (χ4v) is 3.22. The Balaban J connectivity index is 2.04. The molecule has 0 saturated heterocycles. The molecule has 0 amide bonds. The lowest BCUT2D eigenvalue weighted by molar-refractivity contribution is 0.304. The van der Waals surface area contributed by atoms with Gasteiger partial charge in [-0.25, -0.2) is 19.3 Å². The van der Waals surface area contributed by atoms with Crippen LogP contribution in [0.5, 0.6) is 5.75 Å². The van der Waals surface area contributed by atoms with E-state index in [0.29, 0.717) is 40.7 Å². The number of imidazole rings is 1. The van der Waals surface area contributed by atoms with E-state index in [1.54, 1.807) is 24.4 Å². The molecular weight excluding hydrogens is 332 g/mol. The van der Waals surface area contributed by atoms with Crippen LogP contribution in [0.15, 0.2) is 29.2 Å². The van der Waals surface area contributed by atoms with E-state index in [2.05, 4.69) is 27.9 Å². The van der Waals surface area contributed by atoms with Crippen LogP contribution in [-0.2, 0) is 0 Å². The number of fused-ring (bicyclic) bond motifs is 3. The Kier molecular flexibility index (Phi) is 3.84. The third-order valence-electron chi connectivity index (χ3n) is 4.77. The SMILES string of the molecule is C[C@@H]1CCCOc2ccnc3[nH]c(=O)n(c23)-c2ccc(C#N)c(n2)N1C. The van der Waals surface area contributed by atoms with Crippen molar-refractivity contribution in [2.75, 3.05) is 18.6 Å². The zero-order valence-electron chi connectivity index (χ0n) is 14.6. The first-order valence-corrected chi connectivity index (χ1v) is 8.47. The second-order valence-corrected chi connectivity index (χ2v) is 6.37. The van der Waals surface area contributed by atoms with Gasteiger partial charge in [0.25, 0.3) is 0 Å². The molecule has 8 nitrogen and oxygen atoms in total. The van der Waals surface area contributed by atoms with Crippen LogP contribution in [0.1, 0.15) is 25.3 Å². The number of hydrogen-bond acceptors (Lipinski definition) is 6. The Morgan fingerprint density at radius 3 is 3.04 bits per heavy atom. The van der Waals surface area contributed by atoms with E-state index in [1.165, 1.54) is 4.57 Å². The minimum absolute atomic E-state index is 0.174. The fraction of sp³-hybridized carbons (Fsp3) is 0.333. The molecule has 0 spiro atoms. The van der Waals surface area contributed by atoms with Crippen LogP contribution in [0.4, 0.5) is 5.82 Å². The Labute approximate surface area is 149 Å². The van der Waals surface area contributed by atoms with Gasteiger partial charge < -0.3 is 9.64 Å². The topological polar surface area (TPSA) is 99.8 Å². The second-order valence-electron chi connectivity index (χ2n) is 6.37. The maximum Gasteiger partial charge on any atom is 0.333 e. The highest BCUT2D eigenvalue weighted by atomic mass is 16.5. The van der Waals surface area contributed by atoms with Crippen LogP contribution >= 0.6 is 0 Å². The van der Waals surface area contributed by atoms with Gasteiger partial charge in [0.05, 0.1) is 12.2 Å². The van der Waals surface area contributed by atoms with Crippen LogP contribution in [-0.4, -0.2) is 39.2 Å². The molecule has 132 valence electrons. The van der Waals surface area contributed by atoms with E-state index in [1.807, 2.05) is 11.9 Å². The smallest absolute Gasteiger partial charge is 0.333 e. The Bertz CT molecular complexity index is 1080. The van der Waals surface area contributed by atoms with Crippen molar-refractivity contribution in [3.05, 3.63) is 40.4 Å². The van der Waals surface area contributed by atoms with E-state index in [-0.39, 0.29) is 11.7 Å². The first kappa shape index (κ1) is 16.1. The first-order valence-electron chi connectivity index (χ1n) is 8.47. The van der Waals surface area contributed by atoms with Crippen molar-refractivity contribution in [1.82, 2.24) is 19.5 Å². The van der Waals surface area contributed by atoms with Crippen molar-refractivity contribution in [3.63, 3.8) is 0 Å². The van der Waals surface area contributed by atoms with Gasteiger partial charge in [-0.1, -0.05) is 0 Å². The van der Waals surface area contributed by atoms with Gasteiger partial charge in [-0.05, 0) is 31.9 Å². The van der Waals surface area contributed by atoms with Crippen molar-refractivity contribution >= 4 is 17.0 Å². The molecule has 1 aliphatic heterocycles. The van der Waals surface area contributed by atoms with Crippen LogP contribution < -0.4 is 15.3 Å². The van der Waals surface area contributed by atoms with Crippen LogP contribution in [0, 0.1) is 11.3 Å². The summed E-state index contributed by atoms with van der Waals surface area (Å²) in [6, 6.07) is 7.46. The number of rotatable bonds is 0. The maximum absolute atomic E-state index is 12.6. The summed E-state index contributed by atoms with van der Waals surface area (Å²) in [5, 5.41) is 9.46. The maximum atomic E-state index is 12.6. The van der Waals surface area contributed by atoms with Gasteiger partial charge in [0, 0.05) is 25.4 Å². The standard InChI is InChI=1S/C18H18N6O2/c1-11-4-3-9-26-13-7-8-20-16-15(13)24(18(25)22-16)14-6-5-12(10-19)17(21-14)23(11)2/h5-8,11H,3-4,9H2,1-2H3,(H,20,22,25)/t11-/m1/s1. The average Bonchev–Trinajstić information content (AvgIpc) is 2.99. The summed E-state index contributed by atoms with van der Waals surface area (Å²) in [5.74, 6) is 1.57. The van der Waals surface area contributed by atoms with E-state index in [4.69, 9.17) is 4.74 Å². The Hall–Kier alpha value is -3.34. The van der Waals surface area contributed by atoms with Gasteiger partial charge >= 0.3 is 5.69 Å².